The van der Waals surface area contributed by atoms with Crippen LogP contribution in [0.1, 0.15) is 46.5 Å². The molecule has 17 heavy (non-hydrogen) atoms. The van der Waals surface area contributed by atoms with Gasteiger partial charge in [-0.2, -0.15) is 0 Å². The van der Waals surface area contributed by atoms with Crippen LogP contribution in [0.4, 0.5) is 0 Å². The third kappa shape index (κ3) is 3.30. The van der Waals surface area contributed by atoms with Crippen LogP contribution in [-0.2, 0) is 10.6 Å². The standard InChI is InChI=1S/C13H15ClO3/c1-3-12(15)11-7-9(13(16)17-4-2)5-6-10(11)8-14/h5-7H,3-4,8H2,1-2H3. The summed E-state index contributed by atoms with van der Waals surface area (Å²) in [6.45, 7) is 3.83. The molecule has 3 nitrogen and oxygen atoms in total. The smallest absolute Gasteiger partial charge is 0.338 e. The normalized spacial score (nSPS) is 10.1. The van der Waals surface area contributed by atoms with Crippen LogP contribution in [-0.4, -0.2) is 18.4 Å². The third-order valence-corrected chi connectivity index (χ3v) is 2.67. The molecule has 0 N–H and O–H groups in total. The molecule has 0 spiro atoms. The van der Waals surface area contributed by atoms with Crippen molar-refractivity contribution in [2.24, 2.45) is 0 Å². The number of esters is 1. The van der Waals surface area contributed by atoms with Crippen LogP contribution < -0.4 is 0 Å². The summed E-state index contributed by atoms with van der Waals surface area (Å²) in [7, 11) is 0. The molecule has 4 heteroatoms. The van der Waals surface area contributed by atoms with E-state index in [0.717, 1.165) is 5.56 Å². The summed E-state index contributed by atoms with van der Waals surface area (Å²) in [6.07, 6.45) is 0.385. The van der Waals surface area contributed by atoms with Gasteiger partial charge in [0.25, 0.3) is 0 Å². The van der Waals surface area contributed by atoms with Gasteiger partial charge in [0.1, 0.15) is 0 Å². The molecule has 0 aromatic heterocycles. The summed E-state index contributed by atoms with van der Waals surface area (Å²) in [4.78, 5) is 23.3. The molecule has 0 unspecified atom stereocenters. The Morgan fingerprint density at radius 1 is 1.29 bits per heavy atom. The van der Waals surface area contributed by atoms with Gasteiger partial charge in [0, 0.05) is 17.9 Å². The van der Waals surface area contributed by atoms with Gasteiger partial charge in [-0.1, -0.05) is 13.0 Å². The lowest BCUT2D eigenvalue weighted by Gasteiger charge is -2.08. The molecule has 0 radical (unpaired) electrons. The summed E-state index contributed by atoms with van der Waals surface area (Å²) in [5.74, 6) is -0.185. The van der Waals surface area contributed by atoms with Gasteiger partial charge in [0.05, 0.1) is 12.2 Å². The molecule has 0 saturated carbocycles. The number of rotatable bonds is 5. The Labute approximate surface area is 106 Å². The van der Waals surface area contributed by atoms with Crippen LogP contribution in [0.2, 0.25) is 0 Å². The molecule has 92 valence electrons. The van der Waals surface area contributed by atoms with Gasteiger partial charge < -0.3 is 4.74 Å². The highest BCUT2D eigenvalue weighted by Gasteiger charge is 2.14. The highest BCUT2D eigenvalue weighted by Crippen LogP contribution is 2.17. The van der Waals surface area contributed by atoms with Crippen molar-refractivity contribution in [3.8, 4) is 0 Å². The van der Waals surface area contributed by atoms with E-state index in [-0.39, 0.29) is 11.7 Å². The minimum Gasteiger partial charge on any atom is -0.462 e. The molecule has 1 aromatic carbocycles. The van der Waals surface area contributed by atoms with Crippen molar-refractivity contribution in [2.45, 2.75) is 26.1 Å². The molecule has 0 heterocycles. The molecule has 1 aromatic rings. The summed E-state index contributed by atoms with van der Waals surface area (Å²) < 4.78 is 4.89. The van der Waals surface area contributed by atoms with Crippen molar-refractivity contribution in [3.05, 3.63) is 34.9 Å². The van der Waals surface area contributed by atoms with E-state index in [1.165, 1.54) is 0 Å². The number of alkyl halides is 1. The van der Waals surface area contributed by atoms with Crippen molar-refractivity contribution in [1.82, 2.24) is 0 Å². The van der Waals surface area contributed by atoms with E-state index >= 15 is 0 Å². The number of Topliss-reactive ketones (excluding diaryl/α,β-unsaturated/α-hetero) is 1. The Hall–Kier alpha value is -1.35. The van der Waals surface area contributed by atoms with Gasteiger partial charge in [0.2, 0.25) is 0 Å². The van der Waals surface area contributed by atoms with E-state index in [9.17, 15) is 9.59 Å². The first-order valence-corrected chi connectivity index (χ1v) is 6.06. The van der Waals surface area contributed by atoms with Crippen LogP contribution in [0.5, 0.6) is 0 Å². The molecule has 0 saturated heterocycles. The number of carbonyl (C=O) groups is 2. The first-order valence-electron chi connectivity index (χ1n) is 5.53. The predicted octanol–water partition coefficient (Wildman–Crippen LogP) is 3.19. The molecule has 0 aliphatic rings. The van der Waals surface area contributed by atoms with Crippen LogP contribution in [0.3, 0.4) is 0 Å². The zero-order valence-electron chi connectivity index (χ0n) is 9.96. The molecule has 0 bridgehead atoms. The Morgan fingerprint density at radius 2 is 2.00 bits per heavy atom. The van der Waals surface area contributed by atoms with Gasteiger partial charge >= 0.3 is 5.97 Å². The molecule has 0 atom stereocenters. The number of benzene rings is 1. The second kappa shape index (κ2) is 6.40. The summed E-state index contributed by atoms with van der Waals surface area (Å²) in [5.41, 5.74) is 1.64. The molecular weight excluding hydrogens is 240 g/mol. The number of carbonyl (C=O) groups excluding carboxylic acids is 2. The van der Waals surface area contributed by atoms with E-state index in [1.54, 1.807) is 32.0 Å². The Balaban J connectivity index is 3.13. The van der Waals surface area contributed by atoms with Crippen molar-refractivity contribution >= 4 is 23.4 Å². The lowest BCUT2D eigenvalue weighted by atomic mass is 10.00. The summed E-state index contributed by atoms with van der Waals surface area (Å²) in [5, 5.41) is 0. The van der Waals surface area contributed by atoms with Crippen molar-refractivity contribution < 1.29 is 14.3 Å². The maximum atomic E-state index is 11.7. The maximum absolute atomic E-state index is 11.7. The van der Waals surface area contributed by atoms with Crippen molar-refractivity contribution in [1.29, 1.82) is 0 Å². The fourth-order valence-electron chi connectivity index (χ4n) is 1.48. The van der Waals surface area contributed by atoms with Gasteiger partial charge in [-0.15, -0.1) is 11.6 Å². The topological polar surface area (TPSA) is 43.4 Å². The highest BCUT2D eigenvalue weighted by atomic mass is 35.5. The Kier molecular flexibility index (Phi) is 5.16. The SMILES string of the molecule is CCOC(=O)c1ccc(CCl)c(C(=O)CC)c1. The zero-order chi connectivity index (χ0) is 12.8. The second-order valence-corrected chi connectivity index (χ2v) is 3.77. The quantitative estimate of drug-likeness (QED) is 0.460. The lowest BCUT2D eigenvalue weighted by molar-refractivity contribution is 0.0526. The van der Waals surface area contributed by atoms with Crippen LogP contribution in [0.25, 0.3) is 0 Å². The Morgan fingerprint density at radius 3 is 2.53 bits per heavy atom. The fraction of sp³-hybridized carbons (Fsp3) is 0.385. The van der Waals surface area contributed by atoms with E-state index < -0.39 is 5.97 Å². The lowest BCUT2D eigenvalue weighted by Crippen LogP contribution is -2.08. The summed E-state index contributed by atoms with van der Waals surface area (Å²) in [6, 6.07) is 4.88. The third-order valence-electron chi connectivity index (χ3n) is 2.39. The minimum atomic E-state index is -0.418. The highest BCUT2D eigenvalue weighted by molar-refractivity contribution is 6.18. The van der Waals surface area contributed by atoms with Gasteiger partial charge in [-0.25, -0.2) is 4.79 Å². The predicted molar refractivity (Wildman–Crippen MR) is 66.6 cm³/mol. The average molecular weight is 255 g/mol. The molecule has 0 amide bonds. The van der Waals surface area contributed by atoms with Crippen LogP contribution >= 0.6 is 11.6 Å². The number of hydrogen-bond donors (Lipinski definition) is 0. The first-order chi connectivity index (χ1) is 8.13. The monoisotopic (exact) mass is 254 g/mol. The summed E-state index contributed by atoms with van der Waals surface area (Å²) >= 11 is 5.76. The number of hydrogen-bond acceptors (Lipinski definition) is 3. The number of halogens is 1. The fourth-order valence-corrected chi connectivity index (χ4v) is 1.72. The average Bonchev–Trinajstić information content (AvgIpc) is 2.37. The first kappa shape index (κ1) is 13.7. The minimum absolute atomic E-state index is 0.0215. The Bertz CT molecular complexity index is 427. The second-order valence-electron chi connectivity index (χ2n) is 3.50. The van der Waals surface area contributed by atoms with Crippen LogP contribution in [0, 0.1) is 0 Å². The van der Waals surface area contributed by atoms with E-state index in [1.807, 2.05) is 0 Å². The number of ether oxygens (including phenoxy) is 1. The largest absolute Gasteiger partial charge is 0.462 e. The van der Waals surface area contributed by atoms with E-state index in [2.05, 4.69) is 0 Å². The zero-order valence-corrected chi connectivity index (χ0v) is 10.7. The molecule has 0 aliphatic heterocycles. The van der Waals surface area contributed by atoms with Gasteiger partial charge in [-0.3, -0.25) is 4.79 Å². The molecule has 0 aliphatic carbocycles. The number of ketones is 1. The molecule has 1 rings (SSSR count). The van der Waals surface area contributed by atoms with Gasteiger partial charge in [0.15, 0.2) is 5.78 Å². The molecular formula is C13H15ClO3. The van der Waals surface area contributed by atoms with E-state index in [4.69, 9.17) is 16.3 Å². The van der Waals surface area contributed by atoms with Crippen molar-refractivity contribution in [3.63, 3.8) is 0 Å². The van der Waals surface area contributed by atoms with E-state index in [0.29, 0.717) is 24.2 Å². The molecule has 0 fully saturated rings. The van der Waals surface area contributed by atoms with Crippen molar-refractivity contribution in [2.75, 3.05) is 6.61 Å². The maximum Gasteiger partial charge on any atom is 0.338 e. The van der Waals surface area contributed by atoms with Crippen LogP contribution in [0.15, 0.2) is 18.2 Å². The van der Waals surface area contributed by atoms with Gasteiger partial charge in [-0.05, 0) is 24.6 Å².